The van der Waals surface area contributed by atoms with E-state index >= 15 is 0 Å². The molecule has 5 nitrogen and oxygen atoms in total. The molecule has 1 aromatic heterocycles. The fraction of sp³-hybridized carbons (Fsp3) is 0.200. The maximum atomic E-state index is 12.1. The third-order valence-electron chi connectivity index (χ3n) is 4.59. The summed E-state index contributed by atoms with van der Waals surface area (Å²) in [5, 5.41) is 9.57. The van der Waals surface area contributed by atoms with Crippen LogP contribution < -0.4 is 5.32 Å². The number of aromatic amines is 1. The Kier molecular flexibility index (Phi) is 3.98. The van der Waals surface area contributed by atoms with Gasteiger partial charge in [0, 0.05) is 17.7 Å². The van der Waals surface area contributed by atoms with Crippen LogP contribution in [0.2, 0.25) is 0 Å². The number of amides is 1. The van der Waals surface area contributed by atoms with Crippen LogP contribution in [-0.4, -0.2) is 22.9 Å². The number of hydrogen-bond acceptors (Lipinski definition) is 3. The van der Waals surface area contributed by atoms with E-state index in [1.807, 2.05) is 31.2 Å². The second kappa shape index (κ2) is 6.43. The van der Waals surface area contributed by atoms with Gasteiger partial charge < -0.3 is 4.74 Å². The van der Waals surface area contributed by atoms with Gasteiger partial charge in [0.25, 0.3) is 0 Å². The number of anilines is 1. The Morgan fingerprint density at radius 1 is 1.12 bits per heavy atom. The average molecular weight is 333 g/mol. The summed E-state index contributed by atoms with van der Waals surface area (Å²) >= 11 is 0. The molecule has 1 aliphatic carbocycles. The van der Waals surface area contributed by atoms with Crippen molar-refractivity contribution in [2.75, 3.05) is 11.9 Å². The van der Waals surface area contributed by atoms with Gasteiger partial charge in [0.2, 0.25) is 0 Å². The van der Waals surface area contributed by atoms with Crippen LogP contribution in [0, 0.1) is 0 Å². The predicted octanol–water partition coefficient (Wildman–Crippen LogP) is 4.33. The van der Waals surface area contributed by atoms with Gasteiger partial charge in [-0.3, -0.25) is 10.4 Å². The van der Waals surface area contributed by atoms with Gasteiger partial charge >= 0.3 is 6.09 Å². The van der Waals surface area contributed by atoms with E-state index in [4.69, 9.17) is 4.74 Å². The van der Waals surface area contributed by atoms with Gasteiger partial charge in [0.05, 0.1) is 0 Å². The highest BCUT2D eigenvalue weighted by molar-refractivity contribution is 5.84. The van der Waals surface area contributed by atoms with Crippen LogP contribution in [0.5, 0.6) is 0 Å². The van der Waals surface area contributed by atoms with Crippen molar-refractivity contribution in [1.29, 1.82) is 0 Å². The van der Waals surface area contributed by atoms with Crippen molar-refractivity contribution in [3.63, 3.8) is 0 Å². The Balaban J connectivity index is 1.48. The molecular weight excluding hydrogens is 314 g/mol. The number of hydrogen-bond donors (Lipinski definition) is 2. The first-order valence-corrected chi connectivity index (χ1v) is 8.42. The molecule has 5 heteroatoms. The Labute approximate surface area is 146 Å². The number of nitrogens with zero attached hydrogens (tertiary/aromatic N) is 1. The van der Waals surface area contributed by atoms with Crippen LogP contribution in [0.3, 0.4) is 0 Å². The van der Waals surface area contributed by atoms with Crippen LogP contribution in [0.15, 0.2) is 54.6 Å². The summed E-state index contributed by atoms with van der Waals surface area (Å²) in [5.74, 6) is 0.539. The molecule has 1 aliphatic rings. The third kappa shape index (κ3) is 2.89. The molecule has 1 heterocycles. The van der Waals surface area contributed by atoms with Gasteiger partial charge in [0.15, 0.2) is 5.82 Å². The monoisotopic (exact) mass is 333 g/mol. The number of benzene rings is 2. The minimum Gasteiger partial charge on any atom is -0.448 e. The largest absolute Gasteiger partial charge is 0.448 e. The van der Waals surface area contributed by atoms with E-state index in [0.29, 0.717) is 12.4 Å². The smallest absolute Gasteiger partial charge is 0.412 e. The number of carbonyl (C=O) groups is 1. The molecule has 2 N–H and O–H groups in total. The zero-order chi connectivity index (χ0) is 17.2. The van der Waals surface area contributed by atoms with Gasteiger partial charge in [0.1, 0.15) is 6.61 Å². The van der Waals surface area contributed by atoms with Crippen molar-refractivity contribution < 1.29 is 9.53 Å². The number of aromatic nitrogens is 2. The van der Waals surface area contributed by atoms with E-state index < -0.39 is 6.09 Å². The number of carbonyl (C=O) groups excluding carboxylic acids is 1. The van der Waals surface area contributed by atoms with Crippen LogP contribution in [0.4, 0.5) is 10.6 Å². The molecule has 0 bridgehead atoms. The highest BCUT2D eigenvalue weighted by Gasteiger charge is 2.29. The normalized spacial score (nSPS) is 12.5. The summed E-state index contributed by atoms with van der Waals surface area (Å²) in [4.78, 5) is 12.1. The number of nitrogens with one attached hydrogen (secondary N) is 2. The highest BCUT2D eigenvalue weighted by Crippen LogP contribution is 2.44. The Morgan fingerprint density at radius 2 is 1.76 bits per heavy atom. The molecule has 3 aromatic rings. The van der Waals surface area contributed by atoms with E-state index in [1.54, 1.807) is 6.07 Å². The van der Waals surface area contributed by atoms with Crippen LogP contribution in [0.25, 0.3) is 11.1 Å². The molecule has 0 fully saturated rings. The van der Waals surface area contributed by atoms with Gasteiger partial charge in [-0.1, -0.05) is 55.5 Å². The summed E-state index contributed by atoms with van der Waals surface area (Å²) in [6.07, 6.45) is 0.343. The predicted molar refractivity (Wildman–Crippen MR) is 96.7 cm³/mol. The maximum Gasteiger partial charge on any atom is 0.412 e. The lowest BCUT2D eigenvalue weighted by molar-refractivity contribution is 0.158. The third-order valence-corrected chi connectivity index (χ3v) is 4.59. The number of fused-ring (bicyclic) bond motifs is 3. The van der Waals surface area contributed by atoms with E-state index in [1.165, 1.54) is 22.3 Å². The van der Waals surface area contributed by atoms with Crippen molar-refractivity contribution >= 4 is 11.9 Å². The number of rotatable bonds is 4. The molecule has 25 heavy (non-hydrogen) atoms. The molecule has 0 saturated carbocycles. The van der Waals surface area contributed by atoms with Crippen LogP contribution in [0.1, 0.15) is 29.7 Å². The highest BCUT2D eigenvalue weighted by atomic mass is 16.5. The zero-order valence-electron chi connectivity index (χ0n) is 14.0. The molecule has 4 rings (SSSR count). The van der Waals surface area contributed by atoms with Crippen molar-refractivity contribution in [2.45, 2.75) is 19.3 Å². The standard InChI is InChI=1S/C20H19N3O2/c1-2-13-11-19(23-22-13)21-20(24)25-12-18-16-9-5-3-7-14(16)15-8-4-6-10-17(15)18/h3-11,18H,2,12H2,1H3,(H2,21,22,23,24). The minimum absolute atomic E-state index is 0.0588. The van der Waals surface area contributed by atoms with E-state index in [2.05, 4.69) is 39.8 Å². The van der Waals surface area contributed by atoms with Crippen LogP contribution in [-0.2, 0) is 11.2 Å². The zero-order valence-corrected chi connectivity index (χ0v) is 14.0. The summed E-state index contributed by atoms with van der Waals surface area (Å²) in [6, 6.07) is 18.4. The van der Waals surface area contributed by atoms with Crippen molar-refractivity contribution in [1.82, 2.24) is 10.2 Å². The topological polar surface area (TPSA) is 67.0 Å². The van der Waals surface area contributed by atoms with Gasteiger partial charge in [-0.05, 0) is 28.7 Å². The van der Waals surface area contributed by atoms with Gasteiger partial charge in [-0.25, -0.2) is 4.79 Å². The Morgan fingerprint density at radius 3 is 2.36 bits per heavy atom. The molecule has 0 saturated heterocycles. The molecule has 2 aromatic carbocycles. The summed E-state index contributed by atoms with van der Waals surface area (Å²) in [6.45, 7) is 2.31. The fourth-order valence-electron chi connectivity index (χ4n) is 3.35. The maximum absolute atomic E-state index is 12.1. The number of H-pyrrole nitrogens is 1. The molecule has 0 atom stereocenters. The van der Waals surface area contributed by atoms with Gasteiger partial charge in [-0.2, -0.15) is 5.10 Å². The van der Waals surface area contributed by atoms with Crippen LogP contribution >= 0.6 is 0 Å². The first kappa shape index (κ1) is 15.4. The number of ether oxygens (including phenoxy) is 1. The Bertz CT molecular complexity index is 871. The van der Waals surface area contributed by atoms with Crippen molar-refractivity contribution in [3.8, 4) is 11.1 Å². The molecule has 0 aliphatic heterocycles. The van der Waals surface area contributed by atoms with Crippen molar-refractivity contribution in [3.05, 3.63) is 71.4 Å². The lowest BCUT2D eigenvalue weighted by Gasteiger charge is -2.14. The van der Waals surface area contributed by atoms with Gasteiger partial charge in [-0.15, -0.1) is 0 Å². The average Bonchev–Trinajstić information content (AvgIpc) is 3.22. The molecule has 0 unspecified atom stereocenters. The Hall–Kier alpha value is -3.08. The fourth-order valence-corrected chi connectivity index (χ4v) is 3.35. The second-order valence-electron chi connectivity index (χ2n) is 6.08. The van der Waals surface area contributed by atoms with Crippen molar-refractivity contribution in [2.24, 2.45) is 0 Å². The molecule has 126 valence electrons. The second-order valence-corrected chi connectivity index (χ2v) is 6.08. The number of aryl methyl sites for hydroxylation is 1. The molecule has 0 radical (unpaired) electrons. The van der Waals surface area contributed by atoms with E-state index in [-0.39, 0.29) is 5.92 Å². The lowest BCUT2D eigenvalue weighted by Crippen LogP contribution is -2.18. The molecule has 1 amide bonds. The van der Waals surface area contributed by atoms with E-state index in [9.17, 15) is 4.79 Å². The summed E-state index contributed by atoms with van der Waals surface area (Å²) in [7, 11) is 0. The molecule has 0 spiro atoms. The summed E-state index contributed by atoms with van der Waals surface area (Å²) < 4.78 is 5.48. The van der Waals surface area contributed by atoms with E-state index in [0.717, 1.165) is 12.1 Å². The lowest BCUT2D eigenvalue weighted by atomic mass is 9.98. The first-order chi connectivity index (χ1) is 12.3. The molecular formula is C20H19N3O2. The first-order valence-electron chi connectivity index (χ1n) is 8.42. The SMILES string of the molecule is CCc1cc(NC(=O)OCC2c3ccccc3-c3ccccc32)n[nH]1. The quantitative estimate of drug-likeness (QED) is 0.746. The summed E-state index contributed by atoms with van der Waals surface area (Å²) in [5.41, 5.74) is 5.79. The minimum atomic E-state index is -0.490.